The predicted molar refractivity (Wildman–Crippen MR) is 92.1 cm³/mol. The molecule has 1 N–H and O–H groups in total. The number of rotatable bonds is 9. The Kier molecular flexibility index (Phi) is 7.81. The predicted octanol–water partition coefficient (Wildman–Crippen LogP) is 4.85. The summed E-state index contributed by atoms with van der Waals surface area (Å²) in [5, 5.41) is 3.52. The second-order valence-electron chi connectivity index (χ2n) is 6.80. The molecule has 0 spiro atoms. The van der Waals surface area contributed by atoms with E-state index in [1.165, 1.54) is 5.56 Å². The van der Waals surface area contributed by atoms with Gasteiger partial charge in [0.15, 0.2) is 0 Å². The van der Waals surface area contributed by atoms with Crippen molar-refractivity contribution in [1.29, 1.82) is 0 Å². The Morgan fingerprint density at radius 3 is 2.24 bits per heavy atom. The molecular weight excluding hydrogens is 258 g/mol. The third kappa shape index (κ3) is 6.09. The first-order valence-corrected chi connectivity index (χ1v) is 8.41. The van der Waals surface area contributed by atoms with E-state index in [2.05, 4.69) is 71.1 Å². The minimum absolute atomic E-state index is 0.217. The lowest BCUT2D eigenvalue weighted by molar-refractivity contribution is 0.146. The van der Waals surface area contributed by atoms with E-state index in [0.717, 1.165) is 25.3 Å². The second-order valence-corrected chi connectivity index (χ2v) is 6.80. The Bertz CT molecular complexity index is 400. The van der Waals surface area contributed by atoms with Gasteiger partial charge in [-0.25, -0.2) is 0 Å². The standard InChI is InChI=1S/C19H33NO/c1-7-16(6)17-10-8-9-11-18(17)21-19(15(4)5)13-20-12-14(2)3/h8-11,14-16,19-20H,7,12-13H2,1-6H3. The quantitative estimate of drug-likeness (QED) is 0.702. The number of hydrogen-bond acceptors (Lipinski definition) is 2. The van der Waals surface area contributed by atoms with Gasteiger partial charge in [0.1, 0.15) is 11.9 Å². The number of hydrogen-bond donors (Lipinski definition) is 1. The molecule has 120 valence electrons. The molecule has 0 radical (unpaired) electrons. The number of ether oxygens (including phenoxy) is 1. The van der Waals surface area contributed by atoms with Crippen molar-refractivity contribution in [3.63, 3.8) is 0 Å². The zero-order chi connectivity index (χ0) is 15.8. The Hall–Kier alpha value is -1.02. The lowest BCUT2D eigenvalue weighted by atomic mass is 9.97. The van der Waals surface area contributed by atoms with Gasteiger partial charge in [0.05, 0.1) is 0 Å². The number of nitrogens with one attached hydrogen (secondary N) is 1. The first-order valence-electron chi connectivity index (χ1n) is 8.41. The van der Waals surface area contributed by atoms with Crippen LogP contribution in [0.5, 0.6) is 5.75 Å². The summed E-state index contributed by atoms with van der Waals surface area (Å²) in [5.41, 5.74) is 1.33. The molecule has 0 aliphatic rings. The van der Waals surface area contributed by atoms with Crippen LogP contribution in [0.25, 0.3) is 0 Å². The van der Waals surface area contributed by atoms with Crippen LogP contribution in [-0.4, -0.2) is 19.2 Å². The largest absolute Gasteiger partial charge is 0.489 e. The second kappa shape index (κ2) is 9.09. The molecule has 0 saturated heterocycles. The summed E-state index contributed by atoms with van der Waals surface area (Å²) in [4.78, 5) is 0. The van der Waals surface area contributed by atoms with Crippen molar-refractivity contribution in [2.75, 3.05) is 13.1 Å². The highest BCUT2D eigenvalue weighted by atomic mass is 16.5. The van der Waals surface area contributed by atoms with Crippen LogP contribution in [0.15, 0.2) is 24.3 Å². The van der Waals surface area contributed by atoms with Gasteiger partial charge >= 0.3 is 0 Å². The molecule has 0 aliphatic heterocycles. The molecule has 1 rings (SSSR count). The average Bonchev–Trinajstić information content (AvgIpc) is 2.45. The van der Waals surface area contributed by atoms with Gasteiger partial charge in [-0.1, -0.05) is 59.7 Å². The molecule has 0 bridgehead atoms. The number of para-hydroxylation sites is 1. The Balaban J connectivity index is 2.75. The zero-order valence-electron chi connectivity index (χ0n) is 14.6. The van der Waals surface area contributed by atoms with Crippen LogP contribution in [0.4, 0.5) is 0 Å². The molecular formula is C19H33NO. The minimum Gasteiger partial charge on any atom is -0.489 e. The van der Waals surface area contributed by atoms with Crippen LogP contribution < -0.4 is 10.1 Å². The van der Waals surface area contributed by atoms with Gasteiger partial charge in [0.2, 0.25) is 0 Å². The molecule has 21 heavy (non-hydrogen) atoms. The number of benzene rings is 1. The van der Waals surface area contributed by atoms with Crippen molar-refractivity contribution in [3.05, 3.63) is 29.8 Å². The van der Waals surface area contributed by atoms with Crippen LogP contribution in [0.3, 0.4) is 0 Å². The monoisotopic (exact) mass is 291 g/mol. The van der Waals surface area contributed by atoms with Crippen LogP contribution in [0.1, 0.15) is 59.4 Å². The van der Waals surface area contributed by atoms with Crippen molar-refractivity contribution < 1.29 is 4.74 Å². The minimum atomic E-state index is 0.217. The summed E-state index contributed by atoms with van der Waals surface area (Å²) in [6.45, 7) is 15.4. The molecule has 0 saturated carbocycles. The summed E-state index contributed by atoms with van der Waals surface area (Å²) in [6, 6.07) is 8.48. The molecule has 0 aromatic heterocycles. The molecule has 0 amide bonds. The third-order valence-corrected chi connectivity index (χ3v) is 3.98. The van der Waals surface area contributed by atoms with Gasteiger partial charge in [0.25, 0.3) is 0 Å². The van der Waals surface area contributed by atoms with E-state index in [0.29, 0.717) is 17.8 Å². The molecule has 1 aromatic rings. The van der Waals surface area contributed by atoms with Gasteiger partial charge in [-0.15, -0.1) is 0 Å². The summed E-state index contributed by atoms with van der Waals surface area (Å²) >= 11 is 0. The fourth-order valence-corrected chi connectivity index (χ4v) is 2.31. The lowest BCUT2D eigenvalue weighted by Gasteiger charge is -2.26. The average molecular weight is 291 g/mol. The van der Waals surface area contributed by atoms with Gasteiger partial charge in [0, 0.05) is 6.54 Å². The van der Waals surface area contributed by atoms with Gasteiger partial charge in [-0.2, -0.15) is 0 Å². The molecule has 2 unspecified atom stereocenters. The van der Waals surface area contributed by atoms with Crippen LogP contribution in [-0.2, 0) is 0 Å². The zero-order valence-corrected chi connectivity index (χ0v) is 14.6. The van der Waals surface area contributed by atoms with Crippen molar-refractivity contribution in [1.82, 2.24) is 5.32 Å². The van der Waals surface area contributed by atoms with Crippen molar-refractivity contribution in [3.8, 4) is 5.75 Å². The first kappa shape index (κ1) is 18.0. The summed E-state index contributed by atoms with van der Waals surface area (Å²) < 4.78 is 6.35. The highest BCUT2D eigenvalue weighted by Gasteiger charge is 2.18. The van der Waals surface area contributed by atoms with Crippen molar-refractivity contribution in [2.24, 2.45) is 11.8 Å². The van der Waals surface area contributed by atoms with Crippen LogP contribution in [0, 0.1) is 11.8 Å². The van der Waals surface area contributed by atoms with Crippen molar-refractivity contribution >= 4 is 0 Å². The van der Waals surface area contributed by atoms with Gasteiger partial charge in [-0.3, -0.25) is 0 Å². The topological polar surface area (TPSA) is 21.3 Å². The van der Waals surface area contributed by atoms with Crippen LogP contribution >= 0.6 is 0 Å². The molecule has 1 aromatic carbocycles. The van der Waals surface area contributed by atoms with E-state index in [-0.39, 0.29) is 6.10 Å². The van der Waals surface area contributed by atoms with Gasteiger partial charge < -0.3 is 10.1 Å². The summed E-state index contributed by atoms with van der Waals surface area (Å²) in [6.07, 6.45) is 1.35. The van der Waals surface area contributed by atoms with Gasteiger partial charge in [-0.05, 0) is 42.3 Å². The summed E-state index contributed by atoms with van der Waals surface area (Å²) in [7, 11) is 0. The SMILES string of the molecule is CCC(C)c1ccccc1OC(CNCC(C)C)C(C)C. The maximum Gasteiger partial charge on any atom is 0.123 e. The fraction of sp³-hybridized carbons (Fsp3) is 0.684. The van der Waals surface area contributed by atoms with Crippen LogP contribution in [0.2, 0.25) is 0 Å². The van der Waals surface area contributed by atoms with E-state index in [1.54, 1.807) is 0 Å². The van der Waals surface area contributed by atoms with E-state index in [4.69, 9.17) is 4.74 Å². The molecule has 0 aliphatic carbocycles. The van der Waals surface area contributed by atoms with E-state index in [1.807, 2.05) is 0 Å². The fourth-order valence-electron chi connectivity index (χ4n) is 2.31. The van der Waals surface area contributed by atoms with E-state index in [9.17, 15) is 0 Å². The maximum atomic E-state index is 6.35. The van der Waals surface area contributed by atoms with Crippen molar-refractivity contribution in [2.45, 2.75) is 60.0 Å². The summed E-state index contributed by atoms with van der Waals surface area (Å²) in [5.74, 6) is 2.76. The third-order valence-electron chi connectivity index (χ3n) is 3.98. The Morgan fingerprint density at radius 1 is 1.00 bits per heavy atom. The first-order chi connectivity index (χ1) is 9.95. The lowest BCUT2D eigenvalue weighted by Crippen LogP contribution is -2.37. The normalized spacial score (nSPS) is 14.5. The Labute approximate surface area is 131 Å². The highest BCUT2D eigenvalue weighted by molar-refractivity contribution is 5.36. The van der Waals surface area contributed by atoms with E-state index < -0.39 is 0 Å². The molecule has 0 fully saturated rings. The highest BCUT2D eigenvalue weighted by Crippen LogP contribution is 2.29. The Morgan fingerprint density at radius 2 is 1.67 bits per heavy atom. The van der Waals surface area contributed by atoms with E-state index >= 15 is 0 Å². The molecule has 2 nitrogen and oxygen atoms in total. The molecule has 2 atom stereocenters. The molecule has 0 heterocycles. The molecule has 2 heteroatoms. The maximum absolute atomic E-state index is 6.35. The smallest absolute Gasteiger partial charge is 0.123 e.